The SMILES string of the molecule is COc1ccnc(N2CCC[C@@H](N3CCCC3=O)C2)n1. The molecule has 0 aliphatic carbocycles. The van der Waals surface area contributed by atoms with Crippen molar-refractivity contribution in [3.8, 4) is 5.88 Å². The Morgan fingerprint density at radius 3 is 3.00 bits per heavy atom. The maximum absolute atomic E-state index is 11.9. The van der Waals surface area contributed by atoms with E-state index in [0.29, 0.717) is 30.2 Å². The molecule has 3 heterocycles. The van der Waals surface area contributed by atoms with E-state index < -0.39 is 0 Å². The summed E-state index contributed by atoms with van der Waals surface area (Å²) in [6.45, 7) is 2.65. The van der Waals surface area contributed by atoms with E-state index in [1.54, 1.807) is 19.4 Å². The van der Waals surface area contributed by atoms with E-state index >= 15 is 0 Å². The zero-order chi connectivity index (χ0) is 13.9. The molecule has 1 atom stereocenters. The minimum atomic E-state index is 0.295. The fourth-order valence-corrected chi connectivity index (χ4v) is 3.04. The Hall–Kier alpha value is -1.85. The minimum absolute atomic E-state index is 0.295. The third-order valence-electron chi connectivity index (χ3n) is 4.06. The fourth-order valence-electron chi connectivity index (χ4n) is 3.04. The van der Waals surface area contributed by atoms with Gasteiger partial charge in [-0.1, -0.05) is 0 Å². The second kappa shape index (κ2) is 5.64. The Morgan fingerprint density at radius 1 is 1.35 bits per heavy atom. The van der Waals surface area contributed by atoms with Gasteiger partial charge in [0.05, 0.1) is 7.11 Å². The van der Waals surface area contributed by atoms with Crippen LogP contribution in [-0.4, -0.2) is 53.6 Å². The van der Waals surface area contributed by atoms with Crippen LogP contribution in [-0.2, 0) is 4.79 Å². The molecule has 20 heavy (non-hydrogen) atoms. The second-order valence-electron chi connectivity index (χ2n) is 5.33. The molecule has 1 aromatic heterocycles. The van der Waals surface area contributed by atoms with Crippen molar-refractivity contribution in [3.05, 3.63) is 12.3 Å². The number of methoxy groups -OCH3 is 1. The minimum Gasteiger partial charge on any atom is -0.481 e. The number of hydrogen-bond donors (Lipinski definition) is 0. The molecule has 1 amide bonds. The van der Waals surface area contributed by atoms with Gasteiger partial charge >= 0.3 is 0 Å². The molecule has 6 nitrogen and oxygen atoms in total. The average Bonchev–Trinajstić information content (AvgIpc) is 2.94. The number of anilines is 1. The van der Waals surface area contributed by atoms with Crippen LogP contribution in [0.1, 0.15) is 25.7 Å². The molecule has 1 aromatic rings. The molecular formula is C14H20N4O2. The summed E-state index contributed by atoms with van der Waals surface area (Å²) >= 11 is 0. The summed E-state index contributed by atoms with van der Waals surface area (Å²) in [5, 5.41) is 0. The van der Waals surface area contributed by atoms with Crippen LogP contribution in [0.5, 0.6) is 5.88 Å². The lowest BCUT2D eigenvalue weighted by molar-refractivity contribution is -0.129. The predicted molar refractivity (Wildman–Crippen MR) is 74.8 cm³/mol. The topological polar surface area (TPSA) is 58.6 Å². The number of amides is 1. The molecule has 2 aliphatic heterocycles. The van der Waals surface area contributed by atoms with Crippen LogP contribution in [0.15, 0.2) is 12.3 Å². The zero-order valence-electron chi connectivity index (χ0n) is 11.8. The third kappa shape index (κ3) is 2.55. The molecule has 3 rings (SSSR count). The normalized spacial score (nSPS) is 23.2. The van der Waals surface area contributed by atoms with Crippen LogP contribution in [0.4, 0.5) is 5.95 Å². The van der Waals surface area contributed by atoms with Crippen molar-refractivity contribution in [2.24, 2.45) is 0 Å². The Kier molecular flexibility index (Phi) is 3.71. The lowest BCUT2D eigenvalue weighted by Crippen LogP contribution is -2.48. The fraction of sp³-hybridized carbons (Fsp3) is 0.643. The molecule has 108 valence electrons. The van der Waals surface area contributed by atoms with Crippen LogP contribution in [0.25, 0.3) is 0 Å². The van der Waals surface area contributed by atoms with Crippen LogP contribution in [0.3, 0.4) is 0 Å². The van der Waals surface area contributed by atoms with Gasteiger partial charge in [-0.25, -0.2) is 4.98 Å². The average molecular weight is 276 g/mol. The van der Waals surface area contributed by atoms with Gasteiger partial charge in [0.15, 0.2) is 0 Å². The zero-order valence-corrected chi connectivity index (χ0v) is 11.8. The van der Waals surface area contributed by atoms with Crippen LogP contribution in [0.2, 0.25) is 0 Å². The summed E-state index contributed by atoms with van der Waals surface area (Å²) in [7, 11) is 1.61. The largest absolute Gasteiger partial charge is 0.481 e. The first-order valence-corrected chi connectivity index (χ1v) is 7.19. The lowest BCUT2D eigenvalue weighted by Gasteiger charge is -2.37. The van der Waals surface area contributed by atoms with Crippen molar-refractivity contribution >= 4 is 11.9 Å². The molecule has 0 saturated carbocycles. The van der Waals surface area contributed by atoms with E-state index in [-0.39, 0.29) is 0 Å². The molecule has 0 spiro atoms. The maximum Gasteiger partial charge on any atom is 0.228 e. The molecule has 0 unspecified atom stereocenters. The van der Waals surface area contributed by atoms with Crippen LogP contribution in [0, 0.1) is 0 Å². The number of carbonyl (C=O) groups excluding carboxylic acids is 1. The van der Waals surface area contributed by atoms with Crippen LogP contribution >= 0.6 is 0 Å². The summed E-state index contributed by atoms with van der Waals surface area (Å²) in [6, 6.07) is 2.04. The monoisotopic (exact) mass is 276 g/mol. The molecule has 6 heteroatoms. The van der Waals surface area contributed by atoms with Gasteiger partial charge in [-0.15, -0.1) is 0 Å². The molecule has 0 N–H and O–H groups in total. The first-order valence-electron chi connectivity index (χ1n) is 7.19. The summed E-state index contributed by atoms with van der Waals surface area (Å²) in [6.07, 6.45) is 5.55. The second-order valence-corrected chi connectivity index (χ2v) is 5.33. The first-order chi connectivity index (χ1) is 9.78. The number of hydrogen-bond acceptors (Lipinski definition) is 5. The van der Waals surface area contributed by atoms with Gasteiger partial charge in [-0.05, 0) is 19.3 Å². The molecule has 2 fully saturated rings. The number of ether oxygens (including phenoxy) is 1. The Morgan fingerprint density at radius 2 is 2.25 bits per heavy atom. The van der Waals surface area contributed by atoms with Crippen molar-refractivity contribution in [1.82, 2.24) is 14.9 Å². The molecule has 0 aromatic carbocycles. The summed E-state index contributed by atoms with van der Waals surface area (Å²) in [5.74, 6) is 1.57. The van der Waals surface area contributed by atoms with E-state index in [0.717, 1.165) is 38.9 Å². The lowest BCUT2D eigenvalue weighted by atomic mass is 10.0. The number of rotatable bonds is 3. The van der Waals surface area contributed by atoms with Crippen molar-refractivity contribution in [2.45, 2.75) is 31.7 Å². The number of piperidine rings is 1. The molecule has 0 bridgehead atoms. The Balaban J connectivity index is 1.72. The summed E-state index contributed by atoms with van der Waals surface area (Å²) < 4.78 is 5.15. The molecule has 2 saturated heterocycles. The van der Waals surface area contributed by atoms with Gasteiger partial charge in [0.1, 0.15) is 0 Å². The molecule has 0 radical (unpaired) electrons. The van der Waals surface area contributed by atoms with E-state index in [9.17, 15) is 4.79 Å². The number of carbonyl (C=O) groups is 1. The molecular weight excluding hydrogens is 256 g/mol. The van der Waals surface area contributed by atoms with Crippen molar-refractivity contribution in [3.63, 3.8) is 0 Å². The third-order valence-corrected chi connectivity index (χ3v) is 4.06. The van der Waals surface area contributed by atoms with Crippen LogP contribution < -0.4 is 9.64 Å². The quantitative estimate of drug-likeness (QED) is 0.826. The van der Waals surface area contributed by atoms with Gasteiger partial charge in [0.25, 0.3) is 0 Å². The highest BCUT2D eigenvalue weighted by atomic mass is 16.5. The van der Waals surface area contributed by atoms with Crippen molar-refractivity contribution in [1.29, 1.82) is 0 Å². The van der Waals surface area contributed by atoms with Gasteiger partial charge in [0.2, 0.25) is 17.7 Å². The van der Waals surface area contributed by atoms with Crippen molar-refractivity contribution < 1.29 is 9.53 Å². The van der Waals surface area contributed by atoms with Crippen molar-refractivity contribution in [2.75, 3.05) is 31.6 Å². The van der Waals surface area contributed by atoms with E-state index in [1.807, 2.05) is 4.90 Å². The number of likely N-dealkylation sites (tertiary alicyclic amines) is 1. The Labute approximate surface area is 118 Å². The van der Waals surface area contributed by atoms with E-state index in [4.69, 9.17) is 4.74 Å². The Bertz CT molecular complexity index is 494. The standard InChI is InChI=1S/C14H20N4O2/c1-20-12-6-7-15-14(16-12)17-8-2-4-11(10-17)18-9-3-5-13(18)19/h6-7,11H,2-5,8-10H2,1H3/t11-/m1/s1. The van der Waals surface area contributed by atoms with E-state index in [1.165, 1.54) is 0 Å². The first kappa shape index (κ1) is 13.1. The highest BCUT2D eigenvalue weighted by molar-refractivity contribution is 5.78. The van der Waals surface area contributed by atoms with Gasteiger partial charge in [-0.2, -0.15) is 4.98 Å². The van der Waals surface area contributed by atoms with Gasteiger partial charge in [-0.3, -0.25) is 4.79 Å². The predicted octanol–water partition coefficient (Wildman–Crippen LogP) is 1.08. The molecule has 2 aliphatic rings. The smallest absolute Gasteiger partial charge is 0.228 e. The van der Waals surface area contributed by atoms with Gasteiger partial charge < -0.3 is 14.5 Å². The summed E-state index contributed by atoms with van der Waals surface area (Å²) in [5.41, 5.74) is 0. The highest BCUT2D eigenvalue weighted by Gasteiger charge is 2.32. The van der Waals surface area contributed by atoms with E-state index in [2.05, 4.69) is 14.9 Å². The number of aromatic nitrogens is 2. The van der Waals surface area contributed by atoms with Gasteiger partial charge in [0, 0.05) is 44.4 Å². The highest BCUT2D eigenvalue weighted by Crippen LogP contribution is 2.24. The number of nitrogens with zero attached hydrogens (tertiary/aromatic N) is 4. The maximum atomic E-state index is 11.9. The summed E-state index contributed by atoms with van der Waals surface area (Å²) in [4.78, 5) is 24.8.